The Morgan fingerprint density at radius 3 is 2.89 bits per heavy atom. The predicted molar refractivity (Wildman–Crippen MR) is 81.7 cm³/mol. The van der Waals surface area contributed by atoms with E-state index < -0.39 is 0 Å². The summed E-state index contributed by atoms with van der Waals surface area (Å²) in [5, 5.41) is 0. The fourth-order valence-corrected chi connectivity index (χ4v) is 2.87. The van der Waals surface area contributed by atoms with Crippen LogP contribution in [-0.2, 0) is 4.74 Å². The lowest BCUT2D eigenvalue weighted by atomic mass is 9.98. The molecule has 3 nitrogen and oxygen atoms in total. The SMILES string of the molecule is CCC(C)c1cc(N)c(OCC2CCCO2)c(Br)c1. The molecule has 0 bridgehead atoms. The van der Waals surface area contributed by atoms with Gasteiger partial charge in [-0.2, -0.15) is 0 Å². The molecular formula is C15H22BrNO2. The van der Waals surface area contributed by atoms with E-state index >= 15 is 0 Å². The van der Waals surface area contributed by atoms with Crippen LogP contribution in [0.15, 0.2) is 16.6 Å². The Labute approximate surface area is 123 Å². The van der Waals surface area contributed by atoms with Gasteiger partial charge in [-0.05, 0) is 58.8 Å². The van der Waals surface area contributed by atoms with Crippen LogP contribution in [0.3, 0.4) is 0 Å². The molecule has 2 N–H and O–H groups in total. The summed E-state index contributed by atoms with van der Waals surface area (Å²) in [6.45, 7) is 5.80. The van der Waals surface area contributed by atoms with Gasteiger partial charge in [0.2, 0.25) is 0 Å². The van der Waals surface area contributed by atoms with E-state index in [2.05, 4.69) is 35.8 Å². The molecule has 2 unspecified atom stereocenters. The van der Waals surface area contributed by atoms with Crippen molar-refractivity contribution >= 4 is 21.6 Å². The maximum absolute atomic E-state index is 6.10. The number of ether oxygens (including phenoxy) is 2. The van der Waals surface area contributed by atoms with Crippen molar-refractivity contribution in [2.45, 2.75) is 45.1 Å². The molecular weight excluding hydrogens is 306 g/mol. The minimum absolute atomic E-state index is 0.209. The van der Waals surface area contributed by atoms with Gasteiger partial charge < -0.3 is 15.2 Å². The number of nitrogens with two attached hydrogens (primary N) is 1. The first-order valence-corrected chi connectivity index (χ1v) is 7.74. The molecule has 1 aliphatic rings. The Balaban J connectivity index is 2.07. The number of benzene rings is 1. The molecule has 1 aromatic rings. The summed E-state index contributed by atoms with van der Waals surface area (Å²) < 4.78 is 12.3. The normalized spacial score (nSPS) is 20.5. The van der Waals surface area contributed by atoms with E-state index in [0.717, 1.165) is 36.1 Å². The van der Waals surface area contributed by atoms with Gasteiger partial charge in [0, 0.05) is 6.61 Å². The zero-order valence-corrected chi connectivity index (χ0v) is 13.2. The van der Waals surface area contributed by atoms with Crippen LogP contribution < -0.4 is 10.5 Å². The second-order valence-electron chi connectivity index (χ2n) is 5.18. The average Bonchev–Trinajstić information content (AvgIpc) is 2.89. The second-order valence-corrected chi connectivity index (χ2v) is 6.03. The summed E-state index contributed by atoms with van der Waals surface area (Å²) in [5.41, 5.74) is 8.05. The van der Waals surface area contributed by atoms with Crippen LogP contribution in [0, 0.1) is 0 Å². The van der Waals surface area contributed by atoms with E-state index in [9.17, 15) is 0 Å². The van der Waals surface area contributed by atoms with Crippen LogP contribution in [0.2, 0.25) is 0 Å². The minimum atomic E-state index is 0.209. The van der Waals surface area contributed by atoms with Crippen molar-refractivity contribution in [3.8, 4) is 5.75 Å². The monoisotopic (exact) mass is 327 g/mol. The van der Waals surface area contributed by atoms with Crippen LogP contribution >= 0.6 is 15.9 Å². The highest BCUT2D eigenvalue weighted by atomic mass is 79.9. The molecule has 0 aliphatic carbocycles. The molecule has 0 saturated carbocycles. The highest BCUT2D eigenvalue weighted by Crippen LogP contribution is 2.36. The lowest BCUT2D eigenvalue weighted by molar-refractivity contribution is 0.0679. The lowest BCUT2D eigenvalue weighted by Crippen LogP contribution is -2.17. The van der Waals surface area contributed by atoms with Gasteiger partial charge in [0.05, 0.1) is 16.3 Å². The van der Waals surface area contributed by atoms with Crippen molar-refractivity contribution in [1.29, 1.82) is 0 Å². The minimum Gasteiger partial charge on any atom is -0.488 e. The van der Waals surface area contributed by atoms with Gasteiger partial charge in [0.15, 0.2) is 5.75 Å². The van der Waals surface area contributed by atoms with Gasteiger partial charge in [-0.3, -0.25) is 0 Å². The summed E-state index contributed by atoms with van der Waals surface area (Å²) in [6, 6.07) is 4.12. The number of anilines is 1. The average molecular weight is 328 g/mol. The van der Waals surface area contributed by atoms with E-state index in [-0.39, 0.29) is 6.10 Å². The van der Waals surface area contributed by atoms with E-state index in [4.69, 9.17) is 15.2 Å². The van der Waals surface area contributed by atoms with Gasteiger partial charge in [0.25, 0.3) is 0 Å². The van der Waals surface area contributed by atoms with Gasteiger partial charge in [-0.15, -0.1) is 0 Å². The van der Waals surface area contributed by atoms with Crippen molar-refractivity contribution in [2.24, 2.45) is 0 Å². The molecule has 106 valence electrons. The topological polar surface area (TPSA) is 44.5 Å². The zero-order chi connectivity index (χ0) is 13.8. The largest absolute Gasteiger partial charge is 0.488 e. The Hall–Kier alpha value is -0.740. The van der Waals surface area contributed by atoms with Crippen LogP contribution in [0.5, 0.6) is 5.75 Å². The maximum atomic E-state index is 6.10. The van der Waals surface area contributed by atoms with Crippen LogP contribution in [0.25, 0.3) is 0 Å². The highest BCUT2D eigenvalue weighted by molar-refractivity contribution is 9.10. The van der Waals surface area contributed by atoms with E-state index in [1.807, 2.05) is 6.07 Å². The third-order valence-electron chi connectivity index (χ3n) is 3.71. The number of hydrogen-bond acceptors (Lipinski definition) is 3. The van der Waals surface area contributed by atoms with Crippen molar-refractivity contribution in [2.75, 3.05) is 18.9 Å². The first-order valence-electron chi connectivity index (χ1n) is 6.95. The molecule has 1 saturated heterocycles. The molecule has 1 fully saturated rings. The van der Waals surface area contributed by atoms with Crippen molar-refractivity contribution in [3.05, 3.63) is 22.2 Å². The predicted octanol–water partition coefficient (Wildman–Crippen LogP) is 4.10. The van der Waals surface area contributed by atoms with Crippen LogP contribution in [-0.4, -0.2) is 19.3 Å². The smallest absolute Gasteiger partial charge is 0.156 e. The van der Waals surface area contributed by atoms with Gasteiger partial charge in [-0.1, -0.05) is 13.8 Å². The molecule has 0 spiro atoms. The second kappa shape index (κ2) is 6.62. The van der Waals surface area contributed by atoms with E-state index in [1.54, 1.807) is 0 Å². The maximum Gasteiger partial charge on any atom is 0.156 e. The standard InChI is InChI=1S/C15H22BrNO2/c1-3-10(2)11-7-13(16)15(14(17)8-11)19-9-12-5-4-6-18-12/h7-8,10,12H,3-6,9,17H2,1-2H3. The van der Waals surface area contributed by atoms with Crippen molar-refractivity contribution in [1.82, 2.24) is 0 Å². The number of halogens is 1. The zero-order valence-electron chi connectivity index (χ0n) is 11.6. The summed E-state index contributed by atoms with van der Waals surface area (Å²) in [6.07, 6.45) is 3.50. The molecule has 1 heterocycles. The fraction of sp³-hybridized carbons (Fsp3) is 0.600. The van der Waals surface area contributed by atoms with Gasteiger partial charge >= 0.3 is 0 Å². The first-order chi connectivity index (χ1) is 9.11. The summed E-state index contributed by atoms with van der Waals surface area (Å²) >= 11 is 3.56. The molecule has 0 radical (unpaired) electrons. The number of hydrogen-bond donors (Lipinski definition) is 1. The Kier molecular flexibility index (Phi) is 5.11. The summed E-state index contributed by atoms with van der Waals surface area (Å²) in [7, 11) is 0. The molecule has 1 aromatic carbocycles. The summed E-state index contributed by atoms with van der Waals surface area (Å²) in [5.74, 6) is 1.24. The Morgan fingerprint density at radius 1 is 1.53 bits per heavy atom. The Bertz CT molecular complexity index is 407. The van der Waals surface area contributed by atoms with Crippen molar-refractivity contribution < 1.29 is 9.47 Å². The van der Waals surface area contributed by atoms with Gasteiger partial charge in [-0.25, -0.2) is 0 Å². The lowest BCUT2D eigenvalue weighted by Gasteiger charge is -2.17. The van der Waals surface area contributed by atoms with Crippen molar-refractivity contribution in [3.63, 3.8) is 0 Å². The van der Waals surface area contributed by atoms with E-state index in [0.29, 0.717) is 18.2 Å². The first kappa shape index (κ1) is 14.7. The fourth-order valence-electron chi connectivity index (χ4n) is 2.26. The molecule has 1 aliphatic heterocycles. The summed E-state index contributed by atoms with van der Waals surface area (Å²) in [4.78, 5) is 0. The van der Waals surface area contributed by atoms with Gasteiger partial charge in [0.1, 0.15) is 6.61 Å². The third-order valence-corrected chi connectivity index (χ3v) is 4.30. The molecule has 0 amide bonds. The molecule has 2 rings (SSSR count). The molecule has 2 atom stereocenters. The highest BCUT2D eigenvalue weighted by Gasteiger charge is 2.18. The third kappa shape index (κ3) is 3.63. The Morgan fingerprint density at radius 2 is 2.32 bits per heavy atom. The number of nitrogen functional groups attached to an aromatic ring is 1. The molecule has 4 heteroatoms. The van der Waals surface area contributed by atoms with E-state index in [1.165, 1.54) is 5.56 Å². The van der Waals surface area contributed by atoms with Crippen LogP contribution in [0.1, 0.15) is 44.6 Å². The number of rotatable bonds is 5. The molecule has 0 aromatic heterocycles. The quantitative estimate of drug-likeness (QED) is 0.828. The van der Waals surface area contributed by atoms with Crippen LogP contribution in [0.4, 0.5) is 5.69 Å². The molecule has 19 heavy (non-hydrogen) atoms.